The third-order valence-corrected chi connectivity index (χ3v) is 6.47. The molecular formula is C31H27N7O. The van der Waals surface area contributed by atoms with Crippen molar-refractivity contribution in [2.75, 3.05) is 10.6 Å². The van der Waals surface area contributed by atoms with Crippen LogP contribution in [0, 0.1) is 30.1 Å². The average molecular weight is 514 g/mol. The summed E-state index contributed by atoms with van der Waals surface area (Å²) >= 11 is 0. The molecule has 0 radical (unpaired) electrons. The number of nitrogens with zero attached hydrogens (tertiary/aromatic N) is 5. The number of fused-ring (bicyclic) bond motifs is 1. The predicted molar refractivity (Wildman–Crippen MR) is 152 cm³/mol. The maximum atomic E-state index is 13.1. The van der Waals surface area contributed by atoms with Crippen molar-refractivity contribution in [1.29, 1.82) is 5.26 Å². The fourth-order valence-corrected chi connectivity index (χ4v) is 4.13. The maximum absolute atomic E-state index is 13.1. The van der Waals surface area contributed by atoms with Gasteiger partial charge >= 0.3 is 0 Å². The summed E-state index contributed by atoms with van der Waals surface area (Å²) in [5.41, 5.74) is 6.22. The molecule has 0 fully saturated rings. The first-order valence-corrected chi connectivity index (χ1v) is 12.4. The van der Waals surface area contributed by atoms with Gasteiger partial charge in [-0.1, -0.05) is 24.1 Å². The fourth-order valence-electron chi connectivity index (χ4n) is 4.13. The number of amides is 1. The number of anilines is 3. The summed E-state index contributed by atoms with van der Waals surface area (Å²) in [6.45, 7) is 5.66. The minimum atomic E-state index is -0.652. The van der Waals surface area contributed by atoms with Crippen molar-refractivity contribution in [3.05, 3.63) is 107 Å². The smallest absolute Gasteiger partial charge is 0.255 e. The second-order valence-corrected chi connectivity index (χ2v) is 9.84. The average Bonchev–Trinajstić information content (AvgIpc) is 3.54. The summed E-state index contributed by atoms with van der Waals surface area (Å²) in [6.07, 6.45) is 7.29. The number of carbonyl (C=O) groups is 1. The highest BCUT2D eigenvalue weighted by Gasteiger charge is 2.20. The molecule has 0 unspecified atom stereocenters. The van der Waals surface area contributed by atoms with Crippen molar-refractivity contribution in [3.63, 3.8) is 0 Å². The molecule has 3 heterocycles. The van der Waals surface area contributed by atoms with Crippen LogP contribution in [0.1, 0.15) is 46.6 Å². The Balaban J connectivity index is 1.39. The minimum Gasteiger partial charge on any atom is -0.350 e. The van der Waals surface area contributed by atoms with E-state index in [4.69, 9.17) is 0 Å². The van der Waals surface area contributed by atoms with Gasteiger partial charge < -0.3 is 10.6 Å². The number of imidazole rings is 1. The van der Waals surface area contributed by atoms with Crippen LogP contribution in [0.2, 0.25) is 0 Å². The van der Waals surface area contributed by atoms with E-state index in [2.05, 4.69) is 38.6 Å². The SMILES string of the molecule is Cc1ccc(C(=O)Nc2cccc(C(C)(C)C#N)c2)cc1C#Cc1cnc2c(Nc3cnn(C)c3)cccn12. The van der Waals surface area contributed by atoms with E-state index in [0.717, 1.165) is 39.4 Å². The van der Waals surface area contributed by atoms with Crippen molar-refractivity contribution in [3.8, 4) is 17.9 Å². The largest absolute Gasteiger partial charge is 0.350 e. The molecule has 0 aliphatic heterocycles. The van der Waals surface area contributed by atoms with Gasteiger partial charge in [0.1, 0.15) is 5.69 Å². The Morgan fingerprint density at radius 2 is 1.87 bits per heavy atom. The molecule has 2 aromatic carbocycles. The minimum absolute atomic E-state index is 0.245. The van der Waals surface area contributed by atoms with E-state index >= 15 is 0 Å². The third-order valence-electron chi connectivity index (χ3n) is 6.47. The van der Waals surface area contributed by atoms with Gasteiger partial charge in [0, 0.05) is 36.3 Å². The van der Waals surface area contributed by atoms with Gasteiger partial charge in [-0.3, -0.25) is 13.9 Å². The predicted octanol–water partition coefficient (Wildman–Crippen LogP) is 5.57. The molecule has 39 heavy (non-hydrogen) atoms. The highest BCUT2D eigenvalue weighted by Crippen LogP contribution is 2.25. The van der Waals surface area contributed by atoms with Gasteiger partial charge in [-0.05, 0) is 74.2 Å². The summed E-state index contributed by atoms with van der Waals surface area (Å²) < 4.78 is 3.65. The molecule has 5 aromatic rings. The third kappa shape index (κ3) is 5.36. The number of hydrogen-bond donors (Lipinski definition) is 2. The number of nitriles is 1. The standard InChI is InChI=1S/C31H27N7O/c1-21-10-11-23(30(39)36-25-8-5-7-24(16-25)31(2,3)20-32)15-22(21)12-13-27-18-33-29-28(9-6-14-38(27)29)35-26-17-34-37(4)19-26/h5-11,14-19,35H,1-4H3,(H,36,39). The Hall–Kier alpha value is -5.34. The first-order chi connectivity index (χ1) is 18.7. The van der Waals surface area contributed by atoms with Crippen molar-refractivity contribution >= 4 is 28.6 Å². The molecule has 0 aliphatic carbocycles. The van der Waals surface area contributed by atoms with Crippen LogP contribution in [0.5, 0.6) is 0 Å². The first-order valence-electron chi connectivity index (χ1n) is 12.4. The first kappa shape index (κ1) is 25.3. The zero-order valence-electron chi connectivity index (χ0n) is 22.1. The van der Waals surface area contributed by atoms with Gasteiger partial charge in [0.25, 0.3) is 5.91 Å². The zero-order chi connectivity index (χ0) is 27.6. The van der Waals surface area contributed by atoms with E-state index in [0.29, 0.717) is 11.3 Å². The van der Waals surface area contributed by atoms with Gasteiger partial charge in [0.15, 0.2) is 5.65 Å². The van der Waals surface area contributed by atoms with Crippen molar-refractivity contribution in [1.82, 2.24) is 19.2 Å². The lowest BCUT2D eigenvalue weighted by molar-refractivity contribution is 0.102. The fraction of sp³-hybridized carbons (Fsp3) is 0.161. The lowest BCUT2D eigenvalue weighted by Gasteiger charge is -2.17. The lowest BCUT2D eigenvalue weighted by atomic mass is 9.86. The van der Waals surface area contributed by atoms with E-state index in [1.54, 1.807) is 29.2 Å². The molecule has 3 aromatic heterocycles. The van der Waals surface area contributed by atoms with Gasteiger partial charge in [-0.2, -0.15) is 10.4 Å². The summed E-state index contributed by atoms with van der Waals surface area (Å²) in [6, 6.07) is 19.0. The Morgan fingerprint density at radius 1 is 1.03 bits per heavy atom. The van der Waals surface area contributed by atoms with E-state index in [1.165, 1.54) is 0 Å². The summed E-state index contributed by atoms with van der Waals surface area (Å²) in [5.74, 6) is 6.18. The molecule has 8 heteroatoms. The number of pyridine rings is 1. The van der Waals surface area contributed by atoms with Crippen LogP contribution in [0.3, 0.4) is 0 Å². The second-order valence-electron chi connectivity index (χ2n) is 9.84. The van der Waals surface area contributed by atoms with Crippen LogP contribution in [-0.4, -0.2) is 25.1 Å². The molecular weight excluding hydrogens is 486 g/mol. The number of carbonyl (C=O) groups excluding carboxylic acids is 1. The summed E-state index contributed by atoms with van der Waals surface area (Å²) in [5, 5.41) is 19.9. The number of hydrogen-bond acceptors (Lipinski definition) is 5. The van der Waals surface area contributed by atoms with Crippen LogP contribution in [0.15, 0.2) is 79.4 Å². The topological polar surface area (TPSA) is 100 Å². The molecule has 0 saturated carbocycles. The normalized spacial score (nSPS) is 10.9. The zero-order valence-corrected chi connectivity index (χ0v) is 22.1. The van der Waals surface area contributed by atoms with E-state index < -0.39 is 5.41 Å². The van der Waals surface area contributed by atoms with Crippen LogP contribution in [-0.2, 0) is 12.5 Å². The van der Waals surface area contributed by atoms with Crippen LogP contribution in [0.25, 0.3) is 5.65 Å². The molecule has 0 saturated heterocycles. The molecule has 8 nitrogen and oxygen atoms in total. The number of nitrogens with one attached hydrogen (secondary N) is 2. The van der Waals surface area contributed by atoms with Crippen molar-refractivity contribution in [2.45, 2.75) is 26.2 Å². The van der Waals surface area contributed by atoms with Crippen molar-refractivity contribution < 1.29 is 4.79 Å². The Bertz CT molecular complexity index is 1810. The summed E-state index contributed by atoms with van der Waals surface area (Å²) in [7, 11) is 1.87. The van der Waals surface area contributed by atoms with Gasteiger partial charge in [0.2, 0.25) is 0 Å². The van der Waals surface area contributed by atoms with Crippen LogP contribution >= 0.6 is 0 Å². The summed E-state index contributed by atoms with van der Waals surface area (Å²) in [4.78, 5) is 17.6. The van der Waals surface area contributed by atoms with Gasteiger partial charge in [-0.15, -0.1) is 0 Å². The Labute approximate surface area is 226 Å². The molecule has 0 aliphatic rings. The number of aromatic nitrogens is 4. The molecule has 2 N–H and O–H groups in total. The van der Waals surface area contributed by atoms with E-state index in [-0.39, 0.29) is 5.91 Å². The molecule has 0 atom stereocenters. The molecule has 192 valence electrons. The number of aryl methyl sites for hydroxylation is 2. The van der Waals surface area contributed by atoms with Gasteiger partial charge in [-0.25, -0.2) is 4.98 Å². The Morgan fingerprint density at radius 3 is 2.64 bits per heavy atom. The second kappa shape index (κ2) is 10.2. The van der Waals surface area contributed by atoms with Crippen LogP contribution < -0.4 is 10.6 Å². The van der Waals surface area contributed by atoms with E-state index in [9.17, 15) is 10.1 Å². The van der Waals surface area contributed by atoms with E-state index in [1.807, 2.05) is 87.1 Å². The molecule has 0 spiro atoms. The van der Waals surface area contributed by atoms with Crippen molar-refractivity contribution in [2.24, 2.45) is 7.05 Å². The lowest BCUT2D eigenvalue weighted by Crippen LogP contribution is -2.16. The van der Waals surface area contributed by atoms with Gasteiger partial charge in [0.05, 0.1) is 35.3 Å². The quantitative estimate of drug-likeness (QED) is 0.299. The molecule has 0 bridgehead atoms. The monoisotopic (exact) mass is 513 g/mol. The Kier molecular flexibility index (Phi) is 6.62. The number of rotatable bonds is 5. The number of benzene rings is 2. The molecule has 1 amide bonds. The molecule has 5 rings (SSSR count). The van der Waals surface area contributed by atoms with Crippen LogP contribution in [0.4, 0.5) is 17.1 Å². The highest BCUT2D eigenvalue weighted by atomic mass is 16.1. The highest BCUT2D eigenvalue weighted by molar-refractivity contribution is 6.04. The maximum Gasteiger partial charge on any atom is 0.255 e.